The average molecular weight is 749 g/mol. The normalized spacial score (nSPS) is 27.4. The molecule has 8 rings (SSSR count). The quantitative estimate of drug-likeness (QED) is 0.192. The lowest BCUT2D eigenvalue weighted by atomic mass is 9.68. The number of nitrogens with zero attached hydrogens (tertiary/aromatic N) is 3. The number of carboxylic acid groups (broad SMARTS) is 1. The third-order valence-electron chi connectivity index (χ3n) is 12.8. The van der Waals surface area contributed by atoms with Crippen LogP contribution in [0.4, 0.5) is 9.59 Å². The standard InChI is InChI=1S/C42H48N6O7/c1-41(33-12-10-29(11-13-33)36-43-15-16-44-36)38(52)47(40(54)48(41)23-26-8-9-28-5-2-3-6-30(28)17-26)24-35(49)45-22-34(37(50)51)46-39(53)55-25-42-14-4-7-31-18-27(20-42)19-32(31)21-42/h2-3,5-6,8-13,17,27,31-32,34H,4,7,14-16,18-25H2,1H3,(H,43,44)(H,45,49)(H,46,53)(H,50,51)/t27?,31?,32?,34-,41?,42?/m0/s1. The molecule has 3 saturated carbocycles. The molecule has 3 aromatic rings. The van der Waals surface area contributed by atoms with E-state index in [0.717, 1.165) is 70.8 Å². The number of amides is 5. The van der Waals surface area contributed by atoms with Crippen molar-refractivity contribution in [1.29, 1.82) is 0 Å². The number of carbonyl (C=O) groups excluding carboxylic acids is 4. The molecule has 0 aromatic heterocycles. The van der Waals surface area contributed by atoms with Gasteiger partial charge in [0, 0.05) is 30.6 Å². The Bertz CT molecular complexity index is 2050. The molecule has 13 nitrogen and oxygen atoms in total. The molecule has 2 aliphatic heterocycles. The number of rotatable bonds is 12. The predicted octanol–water partition coefficient (Wildman–Crippen LogP) is 4.77. The van der Waals surface area contributed by atoms with Gasteiger partial charge in [0.25, 0.3) is 5.91 Å². The van der Waals surface area contributed by atoms with Gasteiger partial charge in [-0.05, 0) is 84.7 Å². The maximum atomic E-state index is 14.3. The Morgan fingerprint density at radius 3 is 2.56 bits per heavy atom. The molecule has 5 unspecified atom stereocenters. The Morgan fingerprint density at radius 2 is 1.80 bits per heavy atom. The Labute approximate surface area is 319 Å². The minimum atomic E-state index is -1.48. The van der Waals surface area contributed by atoms with E-state index < -0.39 is 54.6 Å². The lowest BCUT2D eigenvalue weighted by Gasteiger charge is -2.39. The number of urea groups is 1. The van der Waals surface area contributed by atoms with Crippen LogP contribution in [0.25, 0.3) is 10.8 Å². The Balaban J connectivity index is 0.940. The van der Waals surface area contributed by atoms with Gasteiger partial charge in [-0.15, -0.1) is 0 Å². The molecule has 4 N–H and O–H groups in total. The van der Waals surface area contributed by atoms with Gasteiger partial charge in [0.05, 0.1) is 13.2 Å². The predicted molar refractivity (Wildman–Crippen MR) is 204 cm³/mol. The Kier molecular flexibility index (Phi) is 9.72. The van der Waals surface area contributed by atoms with Gasteiger partial charge in [0.2, 0.25) is 5.91 Å². The summed E-state index contributed by atoms with van der Waals surface area (Å²) in [5, 5.41) is 20.1. The molecule has 0 spiro atoms. The van der Waals surface area contributed by atoms with E-state index in [0.29, 0.717) is 23.9 Å². The van der Waals surface area contributed by atoms with Gasteiger partial charge in [-0.3, -0.25) is 19.5 Å². The maximum Gasteiger partial charge on any atom is 0.407 e. The van der Waals surface area contributed by atoms with E-state index in [1.165, 1.54) is 24.2 Å². The van der Waals surface area contributed by atoms with Crippen LogP contribution in [-0.2, 0) is 31.2 Å². The van der Waals surface area contributed by atoms with Crippen molar-refractivity contribution in [1.82, 2.24) is 25.8 Å². The topological polar surface area (TPSA) is 170 Å². The van der Waals surface area contributed by atoms with Crippen LogP contribution in [0.3, 0.4) is 0 Å². The van der Waals surface area contributed by atoms with Gasteiger partial charge < -0.3 is 30.7 Å². The number of carboxylic acids is 1. The van der Waals surface area contributed by atoms with Crippen molar-refractivity contribution in [2.75, 3.05) is 32.8 Å². The molecule has 3 aromatic carbocycles. The van der Waals surface area contributed by atoms with Gasteiger partial charge in [-0.1, -0.05) is 73.5 Å². The van der Waals surface area contributed by atoms with Crippen LogP contribution in [0.15, 0.2) is 71.7 Å². The molecule has 13 heteroatoms. The number of fused-ring (bicyclic) bond motifs is 3. The van der Waals surface area contributed by atoms with Crippen LogP contribution in [0.2, 0.25) is 0 Å². The minimum Gasteiger partial charge on any atom is -0.480 e. The molecule has 2 heterocycles. The van der Waals surface area contributed by atoms with Gasteiger partial charge in [-0.2, -0.15) is 0 Å². The van der Waals surface area contributed by atoms with E-state index in [1.807, 2.05) is 54.6 Å². The maximum absolute atomic E-state index is 14.3. The summed E-state index contributed by atoms with van der Waals surface area (Å²) in [6.45, 7) is 2.33. The molecule has 4 fully saturated rings. The van der Waals surface area contributed by atoms with Gasteiger partial charge in [0.15, 0.2) is 0 Å². The molecule has 5 aliphatic rings. The molecule has 1 saturated heterocycles. The van der Waals surface area contributed by atoms with Crippen molar-refractivity contribution >= 4 is 46.5 Å². The van der Waals surface area contributed by atoms with Gasteiger partial charge >= 0.3 is 18.1 Å². The lowest BCUT2D eigenvalue weighted by molar-refractivity contribution is -0.140. The number of benzene rings is 3. The highest BCUT2D eigenvalue weighted by atomic mass is 16.5. The highest BCUT2D eigenvalue weighted by Gasteiger charge is 2.56. The zero-order valence-electron chi connectivity index (χ0n) is 31.1. The van der Waals surface area contributed by atoms with Crippen LogP contribution in [0.5, 0.6) is 0 Å². The summed E-state index contributed by atoms with van der Waals surface area (Å²) in [5.41, 5.74) is 0.705. The number of ether oxygens (including phenoxy) is 1. The fraction of sp³-hybridized carbons (Fsp3) is 0.476. The lowest BCUT2D eigenvalue weighted by Crippen LogP contribution is -2.51. The van der Waals surface area contributed by atoms with E-state index in [9.17, 15) is 29.1 Å². The molecule has 6 atom stereocenters. The van der Waals surface area contributed by atoms with Crippen LogP contribution < -0.4 is 16.0 Å². The van der Waals surface area contributed by atoms with E-state index >= 15 is 0 Å². The molecule has 5 amide bonds. The first-order valence-electron chi connectivity index (χ1n) is 19.4. The average Bonchev–Trinajstić information content (AvgIpc) is 3.84. The number of amidine groups is 1. The van der Waals surface area contributed by atoms with E-state index in [-0.39, 0.29) is 18.6 Å². The number of hydrogen-bond acceptors (Lipinski definition) is 8. The number of alkyl carbamates (subject to hydrolysis) is 1. The highest BCUT2D eigenvalue weighted by molar-refractivity contribution is 6.09. The van der Waals surface area contributed by atoms with E-state index in [1.54, 1.807) is 19.1 Å². The second kappa shape index (κ2) is 14.6. The third kappa shape index (κ3) is 7.12. The number of nitrogens with one attached hydrogen (secondary N) is 3. The van der Waals surface area contributed by atoms with E-state index in [4.69, 9.17) is 4.74 Å². The Hall–Kier alpha value is -5.46. The SMILES string of the molecule is CC1(c2ccc(C3=NCCN3)cc2)C(=O)N(CC(=O)NC[C@H](NC(=O)OCC23CCCC4CC(CC4C2)C3)C(=O)O)C(=O)N1Cc1ccc2ccccc2c1. The first-order valence-corrected chi connectivity index (χ1v) is 19.4. The van der Waals surface area contributed by atoms with Crippen LogP contribution in [0.1, 0.15) is 68.6 Å². The molecule has 0 radical (unpaired) electrons. The smallest absolute Gasteiger partial charge is 0.407 e. The van der Waals surface area contributed by atoms with Crippen molar-refractivity contribution in [3.8, 4) is 0 Å². The summed E-state index contributed by atoms with van der Waals surface area (Å²) in [6, 6.07) is 18.9. The summed E-state index contributed by atoms with van der Waals surface area (Å²) >= 11 is 0. The van der Waals surface area contributed by atoms with E-state index in [2.05, 4.69) is 20.9 Å². The van der Waals surface area contributed by atoms with Crippen LogP contribution in [-0.4, -0.2) is 89.5 Å². The number of aliphatic carboxylic acids is 1. The van der Waals surface area contributed by atoms with Crippen molar-refractivity contribution in [2.45, 2.75) is 70.0 Å². The molecular weight excluding hydrogens is 700 g/mol. The highest BCUT2D eigenvalue weighted by Crippen LogP contribution is 2.58. The van der Waals surface area contributed by atoms with Crippen LogP contribution in [0, 0.1) is 23.2 Å². The summed E-state index contributed by atoms with van der Waals surface area (Å²) < 4.78 is 5.65. The van der Waals surface area contributed by atoms with Crippen molar-refractivity contribution in [2.24, 2.45) is 28.2 Å². The van der Waals surface area contributed by atoms with Gasteiger partial charge in [0.1, 0.15) is 24.0 Å². The summed E-state index contributed by atoms with van der Waals surface area (Å²) in [7, 11) is 0. The number of carbonyl (C=O) groups is 5. The zero-order valence-corrected chi connectivity index (χ0v) is 31.1. The molecule has 55 heavy (non-hydrogen) atoms. The second-order valence-corrected chi connectivity index (χ2v) is 16.3. The van der Waals surface area contributed by atoms with Crippen LogP contribution >= 0.6 is 0 Å². The minimum absolute atomic E-state index is 0.0570. The summed E-state index contributed by atoms with van der Waals surface area (Å²) in [6.07, 6.45) is 7.12. The molecule has 3 aliphatic carbocycles. The number of hydrogen-bond donors (Lipinski definition) is 4. The zero-order chi connectivity index (χ0) is 38.3. The molecule has 288 valence electrons. The van der Waals surface area contributed by atoms with Crippen molar-refractivity contribution in [3.63, 3.8) is 0 Å². The third-order valence-corrected chi connectivity index (χ3v) is 12.8. The van der Waals surface area contributed by atoms with Gasteiger partial charge in [-0.25, -0.2) is 14.4 Å². The monoisotopic (exact) mass is 748 g/mol. The first kappa shape index (κ1) is 36.5. The fourth-order valence-corrected chi connectivity index (χ4v) is 10.0. The number of aliphatic imine (C=N–C) groups is 1. The molecular formula is C42H48N6O7. The van der Waals surface area contributed by atoms with Crippen molar-refractivity contribution in [3.05, 3.63) is 83.4 Å². The Morgan fingerprint density at radius 1 is 1.02 bits per heavy atom. The molecule has 3 bridgehead atoms. The summed E-state index contributed by atoms with van der Waals surface area (Å²) in [5.74, 6) is 0.203. The summed E-state index contributed by atoms with van der Waals surface area (Å²) in [4.78, 5) is 73.7. The number of imide groups is 1. The first-order chi connectivity index (χ1) is 26.5. The largest absolute Gasteiger partial charge is 0.480 e. The second-order valence-electron chi connectivity index (χ2n) is 16.3. The fourth-order valence-electron chi connectivity index (χ4n) is 10.0. The van der Waals surface area contributed by atoms with Crippen molar-refractivity contribution < 1.29 is 33.8 Å².